The van der Waals surface area contributed by atoms with Crippen molar-refractivity contribution in [3.8, 4) is 5.75 Å². The Morgan fingerprint density at radius 2 is 1.76 bits per heavy atom. The molecule has 1 heterocycles. The largest absolute Gasteiger partial charge is 0.484 e. The van der Waals surface area contributed by atoms with Crippen LogP contribution in [0.4, 0.5) is 4.79 Å². The summed E-state index contributed by atoms with van der Waals surface area (Å²) in [6.45, 7) is 10.5. The molecule has 6 heteroatoms. The number of hydrogen-bond acceptors (Lipinski definition) is 4. The van der Waals surface area contributed by atoms with Gasteiger partial charge in [-0.3, -0.25) is 4.79 Å². The van der Waals surface area contributed by atoms with Gasteiger partial charge < -0.3 is 19.3 Å². The summed E-state index contributed by atoms with van der Waals surface area (Å²) in [5.41, 5.74) is 2.46. The smallest absolute Gasteiger partial charge is 0.409 e. The first kappa shape index (κ1) is 19.1. The Hall–Kier alpha value is -2.24. The predicted molar refractivity (Wildman–Crippen MR) is 95.9 cm³/mol. The highest BCUT2D eigenvalue weighted by Crippen LogP contribution is 2.23. The van der Waals surface area contributed by atoms with Crippen LogP contribution in [0, 0.1) is 6.92 Å². The molecule has 2 amide bonds. The second kappa shape index (κ2) is 8.74. The van der Waals surface area contributed by atoms with Crippen LogP contribution < -0.4 is 4.74 Å². The Morgan fingerprint density at radius 3 is 2.32 bits per heavy atom. The van der Waals surface area contributed by atoms with Crippen LogP contribution in [-0.4, -0.2) is 61.2 Å². The van der Waals surface area contributed by atoms with Crippen LogP contribution in [0.25, 0.3) is 0 Å². The van der Waals surface area contributed by atoms with Gasteiger partial charge in [-0.1, -0.05) is 19.9 Å². The Bertz CT molecular complexity index is 607. The standard InChI is InChI=1S/C19H28N2O4/c1-5-24-19(23)21-10-8-20(9-11-21)18(22)13-25-16-6-7-17(14(2)3)15(4)12-16/h6-7,12,14H,5,8-11,13H2,1-4H3. The number of carbonyl (C=O) groups is 2. The van der Waals surface area contributed by atoms with Gasteiger partial charge in [0.05, 0.1) is 6.61 Å². The quantitative estimate of drug-likeness (QED) is 0.821. The number of piperazine rings is 1. The molecule has 0 bridgehead atoms. The highest BCUT2D eigenvalue weighted by Gasteiger charge is 2.24. The van der Waals surface area contributed by atoms with Crippen LogP contribution in [0.1, 0.15) is 37.8 Å². The van der Waals surface area contributed by atoms with E-state index in [1.54, 1.807) is 16.7 Å². The van der Waals surface area contributed by atoms with Gasteiger partial charge in [0, 0.05) is 26.2 Å². The molecule has 1 saturated heterocycles. The molecule has 0 aliphatic carbocycles. The van der Waals surface area contributed by atoms with Crippen LogP contribution >= 0.6 is 0 Å². The first-order valence-corrected chi connectivity index (χ1v) is 8.85. The second-order valence-corrected chi connectivity index (χ2v) is 6.53. The Kier molecular flexibility index (Phi) is 6.67. The van der Waals surface area contributed by atoms with Crippen molar-refractivity contribution in [2.24, 2.45) is 0 Å². The minimum atomic E-state index is -0.313. The van der Waals surface area contributed by atoms with Gasteiger partial charge in [0.2, 0.25) is 0 Å². The van der Waals surface area contributed by atoms with Gasteiger partial charge in [-0.25, -0.2) is 4.79 Å². The van der Waals surface area contributed by atoms with Gasteiger partial charge in [-0.2, -0.15) is 0 Å². The minimum Gasteiger partial charge on any atom is -0.484 e. The number of nitrogens with zero attached hydrogens (tertiary/aromatic N) is 2. The van der Waals surface area contributed by atoms with E-state index in [4.69, 9.17) is 9.47 Å². The van der Waals surface area contributed by atoms with Crippen molar-refractivity contribution < 1.29 is 19.1 Å². The molecular formula is C19H28N2O4. The molecular weight excluding hydrogens is 320 g/mol. The summed E-state index contributed by atoms with van der Waals surface area (Å²) in [5.74, 6) is 1.11. The van der Waals surface area contributed by atoms with Crippen molar-refractivity contribution in [1.29, 1.82) is 0 Å². The summed E-state index contributed by atoms with van der Waals surface area (Å²) in [7, 11) is 0. The summed E-state index contributed by atoms with van der Waals surface area (Å²) >= 11 is 0. The molecule has 0 saturated carbocycles. The minimum absolute atomic E-state index is 0.0138. The average molecular weight is 348 g/mol. The average Bonchev–Trinajstić information content (AvgIpc) is 2.59. The predicted octanol–water partition coefficient (Wildman–Crippen LogP) is 2.80. The molecule has 1 aliphatic rings. The molecule has 1 aromatic rings. The number of ether oxygens (including phenoxy) is 2. The van der Waals surface area contributed by atoms with E-state index >= 15 is 0 Å². The second-order valence-electron chi connectivity index (χ2n) is 6.53. The van der Waals surface area contributed by atoms with E-state index in [1.807, 2.05) is 12.1 Å². The van der Waals surface area contributed by atoms with E-state index in [0.29, 0.717) is 44.5 Å². The van der Waals surface area contributed by atoms with Gasteiger partial charge in [-0.05, 0) is 43.0 Å². The van der Waals surface area contributed by atoms with Crippen LogP contribution in [0.3, 0.4) is 0 Å². The Morgan fingerprint density at radius 1 is 1.12 bits per heavy atom. The zero-order chi connectivity index (χ0) is 18.4. The maximum Gasteiger partial charge on any atom is 0.409 e. The number of rotatable bonds is 5. The summed E-state index contributed by atoms with van der Waals surface area (Å²) in [5, 5.41) is 0. The van der Waals surface area contributed by atoms with Crippen LogP contribution in [0.15, 0.2) is 18.2 Å². The fourth-order valence-corrected chi connectivity index (χ4v) is 2.98. The molecule has 0 atom stereocenters. The molecule has 2 rings (SSSR count). The summed E-state index contributed by atoms with van der Waals surface area (Å²) in [6.07, 6.45) is -0.313. The molecule has 0 spiro atoms. The van der Waals surface area contributed by atoms with Crippen LogP contribution in [0.2, 0.25) is 0 Å². The lowest BCUT2D eigenvalue weighted by molar-refractivity contribution is -0.134. The van der Waals surface area contributed by atoms with E-state index in [1.165, 1.54) is 11.1 Å². The summed E-state index contributed by atoms with van der Waals surface area (Å²) in [4.78, 5) is 27.3. The Labute approximate surface area is 149 Å². The third-order valence-electron chi connectivity index (χ3n) is 4.38. The lowest BCUT2D eigenvalue weighted by Gasteiger charge is -2.33. The molecule has 1 fully saturated rings. The molecule has 25 heavy (non-hydrogen) atoms. The third kappa shape index (κ3) is 5.11. The van der Waals surface area contributed by atoms with Crippen molar-refractivity contribution in [3.05, 3.63) is 29.3 Å². The van der Waals surface area contributed by atoms with Crippen molar-refractivity contribution in [3.63, 3.8) is 0 Å². The lowest BCUT2D eigenvalue weighted by Crippen LogP contribution is -2.51. The van der Waals surface area contributed by atoms with E-state index < -0.39 is 0 Å². The van der Waals surface area contributed by atoms with Crippen molar-refractivity contribution in [2.45, 2.75) is 33.6 Å². The Balaban J connectivity index is 1.81. The van der Waals surface area contributed by atoms with Crippen molar-refractivity contribution in [2.75, 3.05) is 39.4 Å². The van der Waals surface area contributed by atoms with Gasteiger partial charge in [0.15, 0.2) is 6.61 Å². The molecule has 0 radical (unpaired) electrons. The zero-order valence-corrected chi connectivity index (χ0v) is 15.6. The molecule has 138 valence electrons. The highest BCUT2D eigenvalue weighted by atomic mass is 16.6. The number of aryl methyl sites for hydroxylation is 1. The fraction of sp³-hybridized carbons (Fsp3) is 0.579. The molecule has 0 aromatic heterocycles. The number of hydrogen-bond donors (Lipinski definition) is 0. The zero-order valence-electron chi connectivity index (χ0n) is 15.6. The first-order chi connectivity index (χ1) is 11.9. The van der Waals surface area contributed by atoms with E-state index in [2.05, 4.69) is 26.8 Å². The molecule has 6 nitrogen and oxygen atoms in total. The van der Waals surface area contributed by atoms with Gasteiger partial charge in [-0.15, -0.1) is 0 Å². The fourth-order valence-electron chi connectivity index (χ4n) is 2.98. The van der Waals surface area contributed by atoms with Gasteiger partial charge in [0.1, 0.15) is 5.75 Å². The van der Waals surface area contributed by atoms with Crippen LogP contribution in [-0.2, 0) is 9.53 Å². The number of amides is 2. The van der Waals surface area contributed by atoms with Gasteiger partial charge in [0.25, 0.3) is 5.91 Å². The van der Waals surface area contributed by atoms with Crippen LogP contribution in [0.5, 0.6) is 5.75 Å². The SMILES string of the molecule is CCOC(=O)N1CCN(C(=O)COc2ccc(C(C)C)c(C)c2)CC1. The summed E-state index contributed by atoms with van der Waals surface area (Å²) < 4.78 is 10.6. The van der Waals surface area contributed by atoms with E-state index in [0.717, 1.165) is 0 Å². The van der Waals surface area contributed by atoms with E-state index in [-0.39, 0.29) is 18.6 Å². The van der Waals surface area contributed by atoms with Crippen molar-refractivity contribution >= 4 is 12.0 Å². The first-order valence-electron chi connectivity index (χ1n) is 8.85. The lowest BCUT2D eigenvalue weighted by atomic mass is 9.98. The van der Waals surface area contributed by atoms with Crippen molar-refractivity contribution in [1.82, 2.24) is 9.80 Å². The normalized spacial score (nSPS) is 14.6. The number of benzene rings is 1. The maximum absolute atomic E-state index is 12.3. The topological polar surface area (TPSA) is 59.1 Å². The maximum atomic E-state index is 12.3. The highest BCUT2D eigenvalue weighted by molar-refractivity contribution is 5.78. The molecule has 0 N–H and O–H groups in total. The molecule has 0 unspecified atom stereocenters. The summed E-state index contributed by atoms with van der Waals surface area (Å²) in [6, 6.07) is 5.94. The molecule has 1 aromatic carbocycles. The van der Waals surface area contributed by atoms with E-state index in [9.17, 15) is 9.59 Å². The molecule has 1 aliphatic heterocycles. The van der Waals surface area contributed by atoms with Gasteiger partial charge >= 0.3 is 6.09 Å². The number of carbonyl (C=O) groups excluding carboxylic acids is 2. The third-order valence-corrected chi connectivity index (χ3v) is 4.38. The monoisotopic (exact) mass is 348 g/mol.